The van der Waals surface area contributed by atoms with Crippen LogP contribution < -0.4 is 9.64 Å². The maximum Gasteiger partial charge on any atom is 0.325 e. The van der Waals surface area contributed by atoms with Gasteiger partial charge >= 0.3 is 5.97 Å². The molecule has 0 radical (unpaired) electrons. The Kier molecular flexibility index (Phi) is 3.97. The molecular formula is C11H15NO3. The molecule has 0 aromatic heterocycles. The largest absolute Gasteiger partial charge is 0.497 e. The number of benzene rings is 1. The summed E-state index contributed by atoms with van der Waals surface area (Å²) in [5.41, 5.74) is 0.946. The molecule has 15 heavy (non-hydrogen) atoms. The summed E-state index contributed by atoms with van der Waals surface area (Å²) in [6.07, 6.45) is 0. The molecule has 0 heterocycles. The summed E-state index contributed by atoms with van der Waals surface area (Å²) in [5, 5.41) is 0. The van der Waals surface area contributed by atoms with Crippen LogP contribution in [0.25, 0.3) is 0 Å². The number of hydrogen-bond donors (Lipinski definition) is 0. The Morgan fingerprint density at radius 3 is 2.33 bits per heavy atom. The van der Waals surface area contributed by atoms with Crippen molar-refractivity contribution in [1.29, 1.82) is 0 Å². The lowest BCUT2D eigenvalue weighted by Crippen LogP contribution is -2.26. The molecule has 0 bridgehead atoms. The Hall–Kier alpha value is -1.71. The van der Waals surface area contributed by atoms with Gasteiger partial charge in [0.05, 0.1) is 14.2 Å². The second-order valence-corrected chi connectivity index (χ2v) is 3.13. The molecule has 0 saturated heterocycles. The zero-order chi connectivity index (χ0) is 11.3. The molecule has 4 heteroatoms. The van der Waals surface area contributed by atoms with Crippen LogP contribution in [0.5, 0.6) is 5.75 Å². The number of nitrogens with zero attached hydrogens (tertiary/aromatic N) is 1. The molecule has 0 atom stereocenters. The molecule has 1 rings (SSSR count). The lowest BCUT2D eigenvalue weighted by atomic mass is 10.3. The Morgan fingerprint density at radius 2 is 1.87 bits per heavy atom. The van der Waals surface area contributed by atoms with Gasteiger partial charge in [-0.05, 0) is 24.3 Å². The van der Waals surface area contributed by atoms with Gasteiger partial charge in [0.25, 0.3) is 0 Å². The number of anilines is 1. The molecule has 4 nitrogen and oxygen atoms in total. The van der Waals surface area contributed by atoms with E-state index in [0.29, 0.717) is 0 Å². The van der Waals surface area contributed by atoms with Crippen LogP contribution in [-0.4, -0.2) is 33.8 Å². The van der Waals surface area contributed by atoms with Gasteiger partial charge in [-0.15, -0.1) is 0 Å². The van der Waals surface area contributed by atoms with Crippen LogP contribution in [0.1, 0.15) is 0 Å². The molecule has 0 unspecified atom stereocenters. The number of likely N-dealkylation sites (N-methyl/N-ethyl adjacent to an activating group) is 1. The van der Waals surface area contributed by atoms with Crippen molar-refractivity contribution in [3.05, 3.63) is 24.3 Å². The third-order valence-electron chi connectivity index (χ3n) is 2.11. The van der Waals surface area contributed by atoms with E-state index in [1.54, 1.807) is 7.11 Å². The van der Waals surface area contributed by atoms with Crippen LogP contribution in [-0.2, 0) is 9.53 Å². The zero-order valence-corrected chi connectivity index (χ0v) is 9.19. The molecule has 1 aromatic rings. The first-order chi connectivity index (χ1) is 7.17. The third-order valence-corrected chi connectivity index (χ3v) is 2.11. The van der Waals surface area contributed by atoms with Gasteiger partial charge in [-0.1, -0.05) is 0 Å². The first kappa shape index (κ1) is 11.4. The van der Waals surface area contributed by atoms with Gasteiger partial charge in [0.1, 0.15) is 12.3 Å². The predicted molar refractivity (Wildman–Crippen MR) is 58.3 cm³/mol. The maximum absolute atomic E-state index is 11.0. The van der Waals surface area contributed by atoms with Crippen molar-refractivity contribution < 1.29 is 14.3 Å². The highest BCUT2D eigenvalue weighted by Crippen LogP contribution is 2.17. The van der Waals surface area contributed by atoms with E-state index in [2.05, 4.69) is 4.74 Å². The number of carbonyl (C=O) groups is 1. The van der Waals surface area contributed by atoms with Crippen LogP contribution in [0.4, 0.5) is 5.69 Å². The summed E-state index contributed by atoms with van der Waals surface area (Å²) in [4.78, 5) is 12.8. The highest BCUT2D eigenvalue weighted by Gasteiger charge is 2.06. The predicted octanol–water partition coefficient (Wildman–Crippen LogP) is 1.30. The topological polar surface area (TPSA) is 38.8 Å². The quantitative estimate of drug-likeness (QED) is 0.701. The van der Waals surface area contributed by atoms with Gasteiger partial charge < -0.3 is 14.4 Å². The van der Waals surface area contributed by atoms with Gasteiger partial charge in [-0.25, -0.2) is 0 Å². The number of methoxy groups -OCH3 is 2. The van der Waals surface area contributed by atoms with Crippen LogP contribution in [0, 0.1) is 0 Å². The number of rotatable bonds is 4. The van der Waals surface area contributed by atoms with Crippen LogP contribution >= 0.6 is 0 Å². The molecule has 82 valence electrons. The summed E-state index contributed by atoms with van der Waals surface area (Å²) < 4.78 is 9.62. The standard InChI is InChI=1S/C11H15NO3/c1-12(8-11(13)15-3)9-4-6-10(14-2)7-5-9/h4-7H,8H2,1-3H3. The van der Waals surface area contributed by atoms with Crippen molar-refractivity contribution in [2.45, 2.75) is 0 Å². The first-order valence-corrected chi connectivity index (χ1v) is 4.59. The average molecular weight is 209 g/mol. The third kappa shape index (κ3) is 3.16. The molecular weight excluding hydrogens is 194 g/mol. The Labute approximate surface area is 89.4 Å². The van der Waals surface area contributed by atoms with Crippen molar-refractivity contribution in [2.24, 2.45) is 0 Å². The Balaban J connectivity index is 2.65. The van der Waals surface area contributed by atoms with E-state index in [1.807, 2.05) is 36.2 Å². The van der Waals surface area contributed by atoms with Crippen LogP contribution in [0.2, 0.25) is 0 Å². The highest BCUT2D eigenvalue weighted by atomic mass is 16.5. The fourth-order valence-corrected chi connectivity index (χ4v) is 1.19. The number of hydrogen-bond acceptors (Lipinski definition) is 4. The van der Waals surface area contributed by atoms with E-state index < -0.39 is 0 Å². The van der Waals surface area contributed by atoms with Crippen LogP contribution in [0.3, 0.4) is 0 Å². The van der Waals surface area contributed by atoms with Gasteiger partial charge in [0.2, 0.25) is 0 Å². The van der Waals surface area contributed by atoms with E-state index in [0.717, 1.165) is 11.4 Å². The van der Waals surface area contributed by atoms with Crippen molar-refractivity contribution in [1.82, 2.24) is 0 Å². The normalized spacial score (nSPS) is 9.53. The fraction of sp³-hybridized carbons (Fsp3) is 0.364. The van der Waals surface area contributed by atoms with Crippen molar-refractivity contribution in [3.8, 4) is 5.75 Å². The second-order valence-electron chi connectivity index (χ2n) is 3.13. The van der Waals surface area contributed by atoms with Gasteiger partial charge in [0.15, 0.2) is 0 Å². The minimum absolute atomic E-state index is 0.239. The molecule has 0 aliphatic carbocycles. The number of carbonyl (C=O) groups excluding carboxylic acids is 1. The molecule has 0 aliphatic rings. The minimum Gasteiger partial charge on any atom is -0.497 e. The summed E-state index contributed by atoms with van der Waals surface area (Å²) >= 11 is 0. The van der Waals surface area contributed by atoms with E-state index >= 15 is 0 Å². The lowest BCUT2D eigenvalue weighted by Gasteiger charge is -2.17. The summed E-state index contributed by atoms with van der Waals surface area (Å²) in [5.74, 6) is 0.540. The summed E-state index contributed by atoms with van der Waals surface area (Å²) in [7, 11) is 4.83. The number of esters is 1. The van der Waals surface area contributed by atoms with Gasteiger partial charge in [-0.3, -0.25) is 4.79 Å². The molecule has 0 aliphatic heterocycles. The lowest BCUT2D eigenvalue weighted by molar-refractivity contribution is -0.138. The smallest absolute Gasteiger partial charge is 0.325 e. The molecule has 0 saturated carbocycles. The van der Waals surface area contributed by atoms with E-state index in [9.17, 15) is 4.79 Å². The average Bonchev–Trinajstić information content (AvgIpc) is 2.29. The second kappa shape index (κ2) is 5.24. The number of ether oxygens (including phenoxy) is 2. The van der Waals surface area contributed by atoms with E-state index in [1.165, 1.54) is 7.11 Å². The van der Waals surface area contributed by atoms with E-state index in [4.69, 9.17) is 4.74 Å². The maximum atomic E-state index is 11.0. The van der Waals surface area contributed by atoms with Crippen molar-refractivity contribution >= 4 is 11.7 Å². The SMILES string of the molecule is COC(=O)CN(C)c1ccc(OC)cc1. The zero-order valence-electron chi connectivity index (χ0n) is 9.19. The monoisotopic (exact) mass is 209 g/mol. The molecule has 0 N–H and O–H groups in total. The van der Waals surface area contributed by atoms with E-state index in [-0.39, 0.29) is 12.5 Å². The molecule has 1 aromatic carbocycles. The van der Waals surface area contributed by atoms with Crippen molar-refractivity contribution in [3.63, 3.8) is 0 Å². The van der Waals surface area contributed by atoms with Gasteiger partial charge in [0, 0.05) is 12.7 Å². The van der Waals surface area contributed by atoms with Gasteiger partial charge in [-0.2, -0.15) is 0 Å². The van der Waals surface area contributed by atoms with Crippen molar-refractivity contribution in [2.75, 3.05) is 32.7 Å². The highest BCUT2D eigenvalue weighted by molar-refractivity contribution is 5.75. The summed E-state index contributed by atoms with van der Waals surface area (Å²) in [6.45, 7) is 0.239. The minimum atomic E-state index is -0.256. The Morgan fingerprint density at radius 1 is 1.27 bits per heavy atom. The molecule has 0 amide bonds. The first-order valence-electron chi connectivity index (χ1n) is 4.59. The van der Waals surface area contributed by atoms with Crippen LogP contribution in [0.15, 0.2) is 24.3 Å². The molecule has 0 fully saturated rings. The fourth-order valence-electron chi connectivity index (χ4n) is 1.19. The Bertz CT molecular complexity index is 321. The molecule has 0 spiro atoms. The summed E-state index contributed by atoms with van der Waals surface area (Å²) in [6, 6.07) is 7.48.